The number of para-hydroxylation sites is 1. The van der Waals surface area contributed by atoms with E-state index < -0.39 is 0 Å². The van der Waals surface area contributed by atoms with Crippen LogP contribution in [0.5, 0.6) is 11.5 Å². The molecule has 220 valence electrons. The second-order valence-electron chi connectivity index (χ2n) is 9.84. The Morgan fingerprint density at radius 3 is 2.57 bits per heavy atom. The van der Waals surface area contributed by atoms with Crippen LogP contribution < -0.4 is 15.0 Å². The van der Waals surface area contributed by atoms with E-state index in [9.17, 15) is 4.79 Å². The maximum Gasteiger partial charge on any atom is 0.282 e. The highest BCUT2D eigenvalue weighted by molar-refractivity contribution is 6.35. The van der Waals surface area contributed by atoms with Gasteiger partial charge in [0.1, 0.15) is 12.2 Å². The molecule has 0 fully saturated rings. The quantitative estimate of drug-likeness (QED) is 0.116. The molecular weight excluding hydrogens is 621 g/mol. The summed E-state index contributed by atoms with van der Waals surface area (Å²) in [5.41, 5.74) is 3.03. The molecule has 44 heavy (non-hydrogen) atoms. The third-order valence-electron chi connectivity index (χ3n) is 6.90. The summed E-state index contributed by atoms with van der Waals surface area (Å²) in [6.07, 6.45) is 3.82. The molecule has 0 saturated carbocycles. The van der Waals surface area contributed by atoms with Gasteiger partial charge in [-0.25, -0.2) is 4.98 Å². The Hall–Kier alpha value is -4.56. The van der Waals surface area contributed by atoms with Gasteiger partial charge in [0.15, 0.2) is 17.3 Å². The van der Waals surface area contributed by atoms with Crippen molar-refractivity contribution in [2.75, 3.05) is 7.11 Å². The fourth-order valence-electron chi connectivity index (χ4n) is 4.81. The first-order valence-electron chi connectivity index (χ1n) is 13.5. The minimum absolute atomic E-state index is 0.203. The lowest BCUT2D eigenvalue weighted by Crippen LogP contribution is -2.20. The molecule has 6 rings (SSSR count). The molecule has 6 aromatic rings. The van der Waals surface area contributed by atoms with Gasteiger partial charge < -0.3 is 13.9 Å². The number of allylic oxidation sites excluding steroid dienone is 1. The zero-order valence-corrected chi connectivity index (χ0v) is 25.7. The summed E-state index contributed by atoms with van der Waals surface area (Å²) in [6, 6.07) is 23.1. The number of ether oxygens (including phenoxy) is 2. The molecule has 0 aliphatic rings. The first kappa shape index (κ1) is 29.5. The van der Waals surface area contributed by atoms with Crippen molar-refractivity contribution >= 4 is 62.9 Å². The number of hydrogen-bond acceptors (Lipinski definition) is 6. The maximum atomic E-state index is 13.7. The van der Waals surface area contributed by atoms with Crippen molar-refractivity contribution in [2.45, 2.75) is 13.0 Å². The molecule has 0 radical (unpaired) electrons. The molecule has 0 unspecified atom stereocenters. The van der Waals surface area contributed by atoms with Crippen LogP contribution in [-0.4, -0.2) is 23.0 Å². The summed E-state index contributed by atoms with van der Waals surface area (Å²) in [7, 11) is 1.56. The van der Waals surface area contributed by atoms with Gasteiger partial charge in [-0.15, -0.1) is 6.58 Å². The number of nitrogens with zero attached hydrogens (tertiary/aromatic N) is 3. The standard InChI is InChI=1S/C34H24Cl3N3O4/c1-3-6-21-13-20(14-30(42-2)32(21)43-19-22-9-10-25(36)17-27(22)37)18-38-40-33(39-28-8-5-4-7-26(28)34(40)41)31-16-23-15-24(35)11-12-29(23)44-31/h3-5,7-18H,1,6,19H2,2H3. The number of aromatic nitrogens is 2. The van der Waals surface area contributed by atoms with Crippen molar-refractivity contribution in [3.05, 3.63) is 134 Å². The van der Waals surface area contributed by atoms with E-state index in [2.05, 4.69) is 11.7 Å². The van der Waals surface area contributed by atoms with Crippen LogP contribution in [0.3, 0.4) is 0 Å². The largest absolute Gasteiger partial charge is 0.493 e. The van der Waals surface area contributed by atoms with Gasteiger partial charge in [0.25, 0.3) is 5.56 Å². The number of fused-ring (bicyclic) bond motifs is 2. The van der Waals surface area contributed by atoms with Crippen LogP contribution in [0, 0.1) is 0 Å². The predicted molar refractivity (Wildman–Crippen MR) is 177 cm³/mol. The van der Waals surface area contributed by atoms with Crippen LogP contribution in [0.1, 0.15) is 16.7 Å². The monoisotopic (exact) mass is 643 g/mol. The van der Waals surface area contributed by atoms with Crippen molar-refractivity contribution in [1.29, 1.82) is 0 Å². The minimum atomic E-state index is -0.349. The number of benzene rings is 4. The molecule has 0 saturated heterocycles. The molecule has 0 aliphatic carbocycles. The Morgan fingerprint density at radius 2 is 1.77 bits per heavy atom. The van der Waals surface area contributed by atoms with E-state index in [-0.39, 0.29) is 18.0 Å². The van der Waals surface area contributed by atoms with E-state index in [0.29, 0.717) is 60.8 Å². The molecule has 0 aliphatic heterocycles. The van der Waals surface area contributed by atoms with Crippen molar-refractivity contribution in [3.8, 4) is 23.1 Å². The first-order chi connectivity index (χ1) is 21.3. The zero-order valence-electron chi connectivity index (χ0n) is 23.4. The molecule has 10 heteroatoms. The smallest absolute Gasteiger partial charge is 0.282 e. The fourth-order valence-corrected chi connectivity index (χ4v) is 5.45. The highest BCUT2D eigenvalue weighted by Crippen LogP contribution is 2.35. The summed E-state index contributed by atoms with van der Waals surface area (Å²) < 4.78 is 19.2. The van der Waals surface area contributed by atoms with Gasteiger partial charge in [0, 0.05) is 31.6 Å². The Bertz CT molecular complexity index is 2140. The Morgan fingerprint density at radius 1 is 0.977 bits per heavy atom. The topological polar surface area (TPSA) is 78.9 Å². The molecule has 0 atom stereocenters. The lowest BCUT2D eigenvalue weighted by atomic mass is 10.1. The van der Waals surface area contributed by atoms with Gasteiger partial charge in [-0.1, -0.05) is 59.1 Å². The minimum Gasteiger partial charge on any atom is -0.493 e. The van der Waals surface area contributed by atoms with E-state index in [4.69, 9.17) is 53.7 Å². The Labute approximate surface area is 267 Å². The first-order valence-corrected chi connectivity index (χ1v) is 14.6. The van der Waals surface area contributed by atoms with Crippen LogP contribution in [-0.2, 0) is 13.0 Å². The van der Waals surface area contributed by atoms with Gasteiger partial charge in [-0.3, -0.25) is 4.79 Å². The van der Waals surface area contributed by atoms with Crippen LogP contribution in [0.15, 0.2) is 106 Å². The third-order valence-corrected chi connectivity index (χ3v) is 7.72. The number of rotatable bonds is 9. The van der Waals surface area contributed by atoms with E-state index in [1.165, 1.54) is 4.68 Å². The van der Waals surface area contributed by atoms with E-state index in [0.717, 1.165) is 16.5 Å². The normalized spacial score (nSPS) is 11.5. The summed E-state index contributed by atoms with van der Waals surface area (Å²) >= 11 is 18.6. The van der Waals surface area contributed by atoms with Crippen molar-refractivity contribution in [3.63, 3.8) is 0 Å². The summed E-state index contributed by atoms with van der Waals surface area (Å²) in [5.74, 6) is 1.64. The van der Waals surface area contributed by atoms with E-state index in [1.807, 2.05) is 18.2 Å². The van der Waals surface area contributed by atoms with Gasteiger partial charge >= 0.3 is 0 Å². The van der Waals surface area contributed by atoms with Crippen molar-refractivity contribution in [2.24, 2.45) is 5.10 Å². The molecule has 0 bridgehead atoms. The van der Waals surface area contributed by atoms with E-state index >= 15 is 0 Å². The molecule has 0 spiro atoms. The lowest BCUT2D eigenvalue weighted by molar-refractivity contribution is 0.282. The van der Waals surface area contributed by atoms with Crippen LogP contribution in [0.25, 0.3) is 33.5 Å². The predicted octanol–water partition coefficient (Wildman–Crippen LogP) is 8.97. The van der Waals surface area contributed by atoms with Crippen molar-refractivity contribution in [1.82, 2.24) is 9.66 Å². The molecule has 0 N–H and O–H groups in total. The van der Waals surface area contributed by atoms with E-state index in [1.54, 1.807) is 80.1 Å². The van der Waals surface area contributed by atoms with Gasteiger partial charge in [0.2, 0.25) is 5.82 Å². The molecule has 0 amide bonds. The number of hydrogen-bond donors (Lipinski definition) is 0. The van der Waals surface area contributed by atoms with Crippen molar-refractivity contribution < 1.29 is 13.9 Å². The molecule has 2 heterocycles. The summed E-state index contributed by atoms with van der Waals surface area (Å²) in [4.78, 5) is 18.4. The second kappa shape index (κ2) is 12.6. The summed E-state index contributed by atoms with van der Waals surface area (Å²) in [5, 5.41) is 7.40. The Balaban J connectivity index is 1.42. The molecule has 7 nitrogen and oxygen atoms in total. The zero-order chi connectivity index (χ0) is 30.8. The van der Waals surface area contributed by atoms with Gasteiger partial charge in [-0.2, -0.15) is 9.78 Å². The van der Waals surface area contributed by atoms with Crippen LogP contribution in [0.2, 0.25) is 15.1 Å². The third kappa shape index (κ3) is 5.95. The second-order valence-corrected chi connectivity index (χ2v) is 11.1. The SMILES string of the molecule is C=CCc1cc(C=Nn2c(-c3cc4cc(Cl)ccc4o3)nc3ccccc3c2=O)cc(OC)c1OCc1ccc(Cl)cc1Cl. The summed E-state index contributed by atoms with van der Waals surface area (Å²) in [6.45, 7) is 4.09. The lowest BCUT2D eigenvalue weighted by Gasteiger charge is -2.16. The van der Waals surface area contributed by atoms with Crippen LogP contribution in [0.4, 0.5) is 0 Å². The number of furan rings is 1. The number of halogens is 3. The molecule has 4 aromatic carbocycles. The van der Waals surface area contributed by atoms with Gasteiger partial charge in [0.05, 0.1) is 24.2 Å². The fraction of sp³-hybridized carbons (Fsp3) is 0.0882. The van der Waals surface area contributed by atoms with Gasteiger partial charge in [-0.05, 0) is 72.6 Å². The number of methoxy groups -OCH3 is 1. The maximum absolute atomic E-state index is 13.7. The average molecular weight is 645 g/mol. The van der Waals surface area contributed by atoms with Crippen LogP contribution >= 0.6 is 34.8 Å². The highest BCUT2D eigenvalue weighted by Gasteiger charge is 2.18. The molecule has 2 aromatic heterocycles. The Kier molecular flexibility index (Phi) is 8.44. The average Bonchev–Trinajstić information content (AvgIpc) is 3.44. The molecular formula is C34H24Cl3N3O4. The highest BCUT2D eigenvalue weighted by atomic mass is 35.5.